The highest BCUT2D eigenvalue weighted by Gasteiger charge is 2.43. The number of likely N-dealkylation sites (tertiary alicyclic amines) is 2. The van der Waals surface area contributed by atoms with Crippen LogP contribution in [0, 0.1) is 28.5 Å². The molecule has 0 bridgehead atoms. The second-order valence-corrected chi connectivity index (χ2v) is 7.80. The number of carbonyl (C=O) groups is 1. The molecule has 0 saturated carbocycles. The van der Waals surface area contributed by atoms with Crippen LogP contribution < -0.4 is 4.74 Å². The van der Waals surface area contributed by atoms with Crippen LogP contribution in [0.5, 0.6) is 5.75 Å². The molecule has 2 heterocycles. The molecule has 0 radical (unpaired) electrons. The Morgan fingerprint density at radius 3 is 2.81 bits per heavy atom. The highest BCUT2D eigenvalue weighted by molar-refractivity contribution is 5.78. The minimum atomic E-state index is -0.552. The first kappa shape index (κ1) is 18.7. The third-order valence-electron chi connectivity index (χ3n) is 6.02. The van der Waals surface area contributed by atoms with Crippen molar-refractivity contribution >= 4 is 5.91 Å². The van der Waals surface area contributed by atoms with Gasteiger partial charge < -0.3 is 14.5 Å². The van der Waals surface area contributed by atoms with Gasteiger partial charge in [-0.25, -0.2) is 4.39 Å². The molecule has 0 aliphatic carbocycles. The fourth-order valence-electron chi connectivity index (χ4n) is 3.95. The molecule has 2 aliphatic rings. The normalized spacial score (nSPS) is 23.1. The van der Waals surface area contributed by atoms with Gasteiger partial charge in [0.05, 0.1) is 12.1 Å². The molecule has 1 aromatic rings. The van der Waals surface area contributed by atoms with Crippen LogP contribution in [0.3, 0.4) is 0 Å². The van der Waals surface area contributed by atoms with Gasteiger partial charge >= 0.3 is 0 Å². The molecule has 3 rings (SSSR count). The lowest BCUT2D eigenvalue weighted by Crippen LogP contribution is -2.41. The van der Waals surface area contributed by atoms with Gasteiger partial charge in [0, 0.05) is 19.0 Å². The van der Waals surface area contributed by atoms with Crippen molar-refractivity contribution < 1.29 is 13.9 Å². The Kier molecular flexibility index (Phi) is 5.47. The zero-order valence-electron chi connectivity index (χ0n) is 15.5. The molecular weight excluding hydrogens is 333 g/mol. The summed E-state index contributed by atoms with van der Waals surface area (Å²) in [5.74, 6) is 0.493. The van der Waals surface area contributed by atoms with E-state index in [0.29, 0.717) is 31.2 Å². The molecule has 1 amide bonds. The Bertz CT molecular complexity index is 707. The van der Waals surface area contributed by atoms with Crippen molar-refractivity contribution in [3.05, 3.63) is 29.6 Å². The minimum Gasteiger partial charge on any atom is -0.492 e. The van der Waals surface area contributed by atoms with E-state index in [0.717, 1.165) is 32.5 Å². The maximum Gasteiger partial charge on any atom is 0.223 e. The van der Waals surface area contributed by atoms with Crippen LogP contribution in [0.2, 0.25) is 0 Å². The number of nitrogens with zero attached hydrogens (tertiary/aromatic N) is 3. The number of hydrogen-bond donors (Lipinski definition) is 0. The first-order valence-electron chi connectivity index (χ1n) is 9.20. The summed E-state index contributed by atoms with van der Waals surface area (Å²) in [6.45, 7) is 6.15. The molecule has 0 aromatic heterocycles. The van der Waals surface area contributed by atoms with Crippen molar-refractivity contribution in [1.29, 1.82) is 5.26 Å². The highest BCUT2D eigenvalue weighted by atomic mass is 19.1. The van der Waals surface area contributed by atoms with E-state index in [4.69, 9.17) is 10.00 Å². The zero-order chi connectivity index (χ0) is 18.7. The first-order chi connectivity index (χ1) is 12.4. The maximum absolute atomic E-state index is 13.3. The number of piperidine rings is 1. The summed E-state index contributed by atoms with van der Waals surface area (Å²) in [6, 6.07) is 5.93. The fourth-order valence-corrected chi connectivity index (χ4v) is 3.95. The van der Waals surface area contributed by atoms with Crippen molar-refractivity contribution in [1.82, 2.24) is 9.80 Å². The van der Waals surface area contributed by atoms with Gasteiger partial charge in [0.1, 0.15) is 24.2 Å². The third-order valence-corrected chi connectivity index (χ3v) is 6.02. The lowest BCUT2D eigenvalue weighted by molar-refractivity contribution is -0.128. The minimum absolute atomic E-state index is 0.0324. The molecule has 1 atom stereocenters. The van der Waals surface area contributed by atoms with Crippen LogP contribution in [0.25, 0.3) is 0 Å². The smallest absolute Gasteiger partial charge is 0.223 e. The molecule has 2 aliphatic heterocycles. The molecule has 0 N–H and O–H groups in total. The predicted molar refractivity (Wildman–Crippen MR) is 96.1 cm³/mol. The summed E-state index contributed by atoms with van der Waals surface area (Å²) >= 11 is 0. The van der Waals surface area contributed by atoms with Gasteiger partial charge in [0.15, 0.2) is 0 Å². The van der Waals surface area contributed by atoms with Crippen LogP contribution >= 0.6 is 0 Å². The van der Waals surface area contributed by atoms with E-state index in [1.165, 1.54) is 18.2 Å². The van der Waals surface area contributed by atoms with E-state index < -0.39 is 5.82 Å². The van der Waals surface area contributed by atoms with Crippen LogP contribution in [-0.4, -0.2) is 55.5 Å². The van der Waals surface area contributed by atoms with Gasteiger partial charge in [-0.3, -0.25) is 4.79 Å². The average Bonchev–Trinajstić information content (AvgIpc) is 3.01. The van der Waals surface area contributed by atoms with Crippen molar-refractivity contribution in [3.8, 4) is 11.8 Å². The first-order valence-corrected chi connectivity index (χ1v) is 9.20. The fraction of sp³-hybridized carbons (Fsp3) is 0.600. The lowest BCUT2D eigenvalue weighted by atomic mass is 9.70. The van der Waals surface area contributed by atoms with Crippen LogP contribution in [-0.2, 0) is 4.79 Å². The maximum atomic E-state index is 13.3. The number of benzene rings is 1. The molecule has 0 unspecified atom stereocenters. The number of hydrogen-bond acceptors (Lipinski definition) is 4. The summed E-state index contributed by atoms with van der Waals surface area (Å²) in [5, 5.41) is 8.87. The second-order valence-electron chi connectivity index (χ2n) is 7.80. The molecule has 6 heteroatoms. The average molecular weight is 359 g/mol. The van der Waals surface area contributed by atoms with Gasteiger partial charge in [-0.15, -0.1) is 0 Å². The number of rotatable bonds is 5. The number of nitriles is 1. The van der Waals surface area contributed by atoms with Crippen molar-refractivity contribution in [2.45, 2.75) is 26.2 Å². The molecule has 2 fully saturated rings. The summed E-state index contributed by atoms with van der Waals surface area (Å²) < 4.78 is 19.0. The largest absolute Gasteiger partial charge is 0.492 e. The van der Waals surface area contributed by atoms with Crippen molar-refractivity contribution in [2.24, 2.45) is 11.3 Å². The van der Waals surface area contributed by atoms with Crippen LogP contribution in [0.1, 0.15) is 31.7 Å². The topological polar surface area (TPSA) is 56.6 Å². The zero-order valence-corrected chi connectivity index (χ0v) is 15.5. The number of carbonyl (C=O) groups excluding carboxylic acids is 1. The van der Waals surface area contributed by atoms with Crippen LogP contribution in [0.15, 0.2) is 18.2 Å². The Hall–Kier alpha value is -2.13. The summed E-state index contributed by atoms with van der Waals surface area (Å²) in [5.41, 5.74) is 0.200. The number of amides is 1. The molecule has 0 spiro atoms. The van der Waals surface area contributed by atoms with Gasteiger partial charge in [0.25, 0.3) is 0 Å². The molecule has 26 heavy (non-hydrogen) atoms. The molecule has 1 aromatic carbocycles. The Labute approximate surface area is 154 Å². The van der Waals surface area contributed by atoms with E-state index in [2.05, 4.69) is 18.9 Å². The van der Waals surface area contributed by atoms with E-state index in [-0.39, 0.29) is 16.9 Å². The Morgan fingerprint density at radius 1 is 1.38 bits per heavy atom. The predicted octanol–water partition coefficient (Wildman–Crippen LogP) is 2.66. The van der Waals surface area contributed by atoms with E-state index >= 15 is 0 Å². The standard InChI is InChI=1S/C20H26FN3O2/c1-20(5-7-23(2)8-6-20)16-12-19(25)24(14-16)9-10-26-17-3-4-18(21)15(11-17)13-22/h3-4,11,16H,5-10,12,14H2,1-2H3/t16-/m0/s1. The SMILES string of the molecule is CN1CCC(C)([C@H]2CC(=O)N(CCOc3ccc(F)c(C#N)c3)C2)CC1. The quantitative estimate of drug-likeness (QED) is 0.811. The lowest BCUT2D eigenvalue weighted by Gasteiger charge is -2.42. The Balaban J connectivity index is 1.52. The summed E-state index contributed by atoms with van der Waals surface area (Å²) in [7, 11) is 2.15. The number of halogens is 1. The van der Waals surface area contributed by atoms with E-state index in [9.17, 15) is 9.18 Å². The molecule has 2 saturated heterocycles. The Morgan fingerprint density at radius 2 is 2.12 bits per heavy atom. The van der Waals surface area contributed by atoms with Gasteiger partial charge in [-0.2, -0.15) is 5.26 Å². The van der Waals surface area contributed by atoms with Gasteiger partial charge in [-0.1, -0.05) is 6.92 Å². The molecule has 140 valence electrons. The van der Waals surface area contributed by atoms with Gasteiger partial charge in [0.2, 0.25) is 5.91 Å². The third kappa shape index (κ3) is 3.99. The summed E-state index contributed by atoms with van der Waals surface area (Å²) in [4.78, 5) is 16.6. The summed E-state index contributed by atoms with van der Waals surface area (Å²) in [6.07, 6.45) is 2.89. The molecular formula is C20H26FN3O2. The highest BCUT2D eigenvalue weighted by Crippen LogP contribution is 2.42. The van der Waals surface area contributed by atoms with Gasteiger partial charge in [-0.05, 0) is 56.4 Å². The van der Waals surface area contributed by atoms with Crippen molar-refractivity contribution in [2.75, 3.05) is 39.8 Å². The monoisotopic (exact) mass is 359 g/mol. The van der Waals surface area contributed by atoms with Crippen LogP contribution in [0.4, 0.5) is 4.39 Å². The number of ether oxygens (including phenoxy) is 1. The van der Waals surface area contributed by atoms with E-state index in [1.807, 2.05) is 4.90 Å². The second kappa shape index (κ2) is 7.63. The molecule has 5 nitrogen and oxygen atoms in total. The van der Waals surface area contributed by atoms with E-state index in [1.54, 1.807) is 6.07 Å². The van der Waals surface area contributed by atoms with Crippen molar-refractivity contribution in [3.63, 3.8) is 0 Å².